The smallest absolute Gasteiger partial charge is 0.338 e. The fourth-order valence-corrected chi connectivity index (χ4v) is 3.16. The molecular formula is C17H14BrClO6. The van der Waals surface area contributed by atoms with E-state index in [9.17, 15) is 4.79 Å². The molecule has 1 heterocycles. The van der Waals surface area contributed by atoms with Gasteiger partial charge < -0.3 is 23.7 Å². The van der Waals surface area contributed by atoms with Gasteiger partial charge in [0, 0.05) is 0 Å². The second kappa shape index (κ2) is 7.41. The van der Waals surface area contributed by atoms with Crippen molar-refractivity contribution in [3.8, 4) is 23.0 Å². The van der Waals surface area contributed by atoms with Crippen LogP contribution in [0.25, 0.3) is 0 Å². The maximum Gasteiger partial charge on any atom is 0.338 e. The van der Waals surface area contributed by atoms with Crippen molar-refractivity contribution in [3.05, 3.63) is 44.9 Å². The summed E-state index contributed by atoms with van der Waals surface area (Å²) in [7, 11) is 3.01. The van der Waals surface area contributed by atoms with Gasteiger partial charge in [-0.15, -0.1) is 0 Å². The highest BCUT2D eigenvalue weighted by molar-refractivity contribution is 9.10. The Labute approximate surface area is 157 Å². The van der Waals surface area contributed by atoms with Gasteiger partial charge in [-0.2, -0.15) is 0 Å². The van der Waals surface area contributed by atoms with Crippen LogP contribution in [0.4, 0.5) is 0 Å². The predicted molar refractivity (Wildman–Crippen MR) is 93.9 cm³/mol. The average Bonchev–Trinajstić information content (AvgIpc) is 3.09. The van der Waals surface area contributed by atoms with Gasteiger partial charge in [0.25, 0.3) is 0 Å². The molecule has 3 rings (SSSR count). The Morgan fingerprint density at radius 3 is 2.48 bits per heavy atom. The number of benzene rings is 2. The van der Waals surface area contributed by atoms with Gasteiger partial charge in [-0.1, -0.05) is 11.6 Å². The first-order chi connectivity index (χ1) is 12.0. The molecule has 6 nitrogen and oxygen atoms in total. The van der Waals surface area contributed by atoms with Gasteiger partial charge in [0.1, 0.15) is 22.6 Å². The molecule has 0 unspecified atom stereocenters. The van der Waals surface area contributed by atoms with Crippen LogP contribution in [0.1, 0.15) is 15.9 Å². The quantitative estimate of drug-likeness (QED) is 0.664. The molecule has 25 heavy (non-hydrogen) atoms. The van der Waals surface area contributed by atoms with E-state index in [0.717, 1.165) is 0 Å². The zero-order valence-corrected chi connectivity index (χ0v) is 15.8. The van der Waals surface area contributed by atoms with Crippen LogP contribution >= 0.6 is 27.5 Å². The van der Waals surface area contributed by atoms with Crippen molar-refractivity contribution < 1.29 is 28.5 Å². The minimum absolute atomic E-state index is 0.0376. The maximum absolute atomic E-state index is 12.3. The summed E-state index contributed by atoms with van der Waals surface area (Å²) in [6, 6.07) is 6.54. The van der Waals surface area contributed by atoms with Crippen molar-refractivity contribution in [2.75, 3.05) is 21.0 Å². The van der Waals surface area contributed by atoms with Crippen LogP contribution in [0.5, 0.6) is 23.0 Å². The second-order valence-electron chi connectivity index (χ2n) is 5.08. The number of carbonyl (C=O) groups excluding carboxylic acids is 1. The van der Waals surface area contributed by atoms with E-state index >= 15 is 0 Å². The Morgan fingerprint density at radius 2 is 1.84 bits per heavy atom. The SMILES string of the molecule is COc1cc(C(=O)OCc2cc(Cl)c3c(c2)OCO3)cc(OC)c1Br. The second-order valence-corrected chi connectivity index (χ2v) is 6.28. The van der Waals surface area contributed by atoms with E-state index < -0.39 is 5.97 Å². The van der Waals surface area contributed by atoms with Crippen molar-refractivity contribution in [2.45, 2.75) is 6.61 Å². The number of ether oxygens (including phenoxy) is 5. The van der Waals surface area contributed by atoms with Crippen molar-refractivity contribution in [2.24, 2.45) is 0 Å². The molecule has 2 aromatic carbocycles. The molecular weight excluding hydrogens is 416 g/mol. The number of hydrogen-bond donors (Lipinski definition) is 0. The minimum Gasteiger partial charge on any atom is -0.495 e. The van der Waals surface area contributed by atoms with Crippen LogP contribution in [-0.4, -0.2) is 27.0 Å². The van der Waals surface area contributed by atoms with Crippen LogP contribution in [0.15, 0.2) is 28.7 Å². The largest absolute Gasteiger partial charge is 0.495 e. The summed E-state index contributed by atoms with van der Waals surface area (Å²) in [5.41, 5.74) is 1.00. The molecule has 0 aromatic heterocycles. The summed E-state index contributed by atoms with van der Waals surface area (Å²) in [6.07, 6.45) is 0. The summed E-state index contributed by atoms with van der Waals surface area (Å²) in [5.74, 6) is 1.46. The summed E-state index contributed by atoms with van der Waals surface area (Å²) in [4.78, 5) is 12.3. The number of esters is 1. The summed E-state index contributed by atoms with van der Waals surface area (Å²) < 4.78 is 27.0. The molecule has 8 heteroatoms. The third-order valence-corrected chi connectivity index (χ3v) is 4.60. The van der Waals surface area contributed by atoms with E-state index in [2.05, 4.69) is 15.9 Å². The van der Waals surface area contributed by atoms with Gasteiger partial charge in [-0.05, 0) is 45.8 Å². The average molecular weight is 430 g/mol. The highest BCUT2D eigenvalue weighted by Crippen LogP contribution is 2.40. The van der Waals surface area contributed by atoms with Crippen LogP contribution in [-0.2, 0) is 11.3 Å². The molecule has 2 aromatic rings. The van der Waals surface area contributed by atoms with Crippen molar-refractivity contribution in [1.29, 1.82) is 0 Å². The maximum atomic E-state index is 12.3. The lowest BCUT2D eigenvalue weighted by Gasteiger charge is -2.11. The number of methoxy groups -OCH3 is 2. The van der Waals surface area contributed by atoms with E-state index in [1.54, 1.807) is 24.3 Å². The van der Waals surface area contributed by atoms with Crippen molar-refractivity contribution in [3.63, 3.8) is 0 Å². The Hall–Kier alpha value is -2.12. The first-order valence-corrected chi connectivity index (χ1v) is 8.37. The Kier molecular flexibility index (Phi) is 5.24. The monoisotopic (exact) mass is 428 g/mol. The van der Waals surface area contributed by atoms with Crippen molar-refractivity contribution in [1.82, 2.24) is 0 Å². The van der Waals surface area contributed by atoms with Crippen LogP contribution < -0.4 is 18.9 Å². The van der Waals surface area contributed by atoms with Gasteiger partial charge in [0.15, 0.2) is 11.5 Å². The zero-order valence-electron chi connectivity index (χ0n) is 13.4. The van der Waals surface area contributed by atoms with E-state index in [-0.39, 0.29) is 13.4 Å². The topological polar surface area (TPSA) is 63.2 Å². The highest BCUT2D eigenvalue weighted by Gasteiger charge is 2.20. The molecule has 0 N–H and O–H groups in total. The molecule has 0 aliphatic carbocycles. The Morgan fingerprint density at radius 1 is 1.16 bits per heavy atom. The van der Waals surface area contributed by atoms with Gasteiger partial charge >= 0.3 is 5.97 Å². The third-order valence-electron chi connectivity index (χ3n) is 3.54. The Balaban J connectivity index is 1.76. The van der Waals surface area contributed by atoms with Crippen LogP contribution in [0.2, 0.25) is 5.02 Å². The molecule has 0 atom stereocenters. The first-order valence-electron chi connectivity index (χ1n) is 7.20. The lowest BCUT2D eigenvalue weighted by molar-refractivity contribution is 0.0471. The number of halogens is 2. The van der Waals surface area contributed by atoms with Crippen LogP contribution in [0.3, 0.4) is 0 Å². The normalized spacial score (nSPS) is 12.0. The standard InChI is InChI=1S/C17H14BrClO6/c1-21-12-5-10(6-13(22-2)15(12)18)17(20)23-7-9-3-11(19)16-14(4-9)24-8-25-16/h3-6H,7-8H2,1-2H3. The van der Waals surface area contributed by atoms with Gasteiger partial charge in [0.05, 0.1) is 24.8 Å². The van der Waals surface area contributed by atoms with Gasteiger partial charge in [-0.25, -0.2) is 4.79 Å². The number of fused-ring (bicyclic) bond motifs is 1. The highest BCUT2D eigenvalue weighted by atomic mass is 79.9. The van der Waals surface area contributed by atoms with E-state index in [4.69, 9.17) is 35.3 Å². The molecule has 0 saturated heterocycles. The molecule has 0 bridgehead atoms. The molecule has 0 saturated carbocycles. The number of carbonyl (C=O) groups is 1. The van der Waals surface area contributed by atoms with Crippen molar-refractivity contribution >= 4 is 33.5 Å². The fourth-order valence-electron chi connectivity index (χ4n) is 2.32. The lowest BCUT2D eigenvalue weighted by atomic mass is 10.2. The minimum atomic E-state index is -0.516. The predicted octanol–water partition coefficient (Wildman–Crippen LogP) is 4.21. The summed E-state index contributed by atoms with van der Waals surface area (Å²) >= 11 is 9.47. The molecule has 1 aliphatic heterocycles. The zero-order chi connectivity index (χ0) is 18.0. The number of rotatable bonds is 5. The summed E-state index contributed by atoms with van der Waals surface area (Å²) in [6.45, 7) is 0.159. The third kappa shape index (κ3) is 3.62. The molecule has 0 amide bonds. The Bertz CT molecular complexity index is 798. The first kappa shape index (κ1) is 17.7. The van der Waals surface area contributed by atoms with Gasteiger partial charge in [-0.3, -0.25) is 0 Å². The lowest BCUT2D eigenvalue weighted by Crippen LogP contribution is -2.06. The van der Waals surface area contributed by atoms with Gasteiger partial charge in [0.2, 0.25) is 6.79 Å². The van der Waals surface area contributed by atoms with E-state index in [1.165, 1.54) is 14.2 Å². The molecule has 0 spiro atoms. The molecule has 0 radical (unpaired) electrons. The molecule has 0 fully saturated rings. The van der Waals surface area contributed by atoms with Crippen LogP contribution in [0, 0.1) is 0 Å². The molecule has 1 aliphatic rings. The summed E-state index contributed by atoms with van der Waals surface area (Å²) in [5, 5.41) is 0.410. The van der Waals surface area contributed by atoms with E-state index in [1.807, 2.05) is 0 Å². The van der Waals surface area contributed by atoms with E-state index in [0.29, 0.717) is 43.6 Å². The number of hydrogen-bond acceptors (Lipinski definition) is 6. The fraction of sp³-hybridized carbons (Fsp3) is 0.235. The molecule has 132 valence electrons.